The van der Waals surface area contributed by atoms with Gasteiger partial charge in [-0.25, -0.2) is 0 Å². The third-order valence-corrected chi connectivity index (χ3v) is 5.75. The lowest BCUT2D eigenvalue weighted by Crippen LogP contribution is -2.07. The molecule has 0 amide bonds. The molecule has 0 saturated carbocycles. The molecule has 0 aromatic heterocycles. The molecule has 0 spiro atoms. The second-order valence-corrected chi connectivity index (χ2v) is 10.8. The van der Waals surface area contributed by atoms with E-state index in [-0.39, 0.29) is 5.97 Å². The first kappa shape index (κ1) is 28.5. The Morgan fingerprint density at radius 1 is 0.655 bits per heavy atom. The molecule has 0 aromatic rings. The minimum atomic E-state index is -0.00108. The Hall–Kier alpha value is -0.530. The molecule has 0 N–H and O–H groups in total. The van der Waals surface area contributed by atoms with Gasteiger partial charge in [0.05, 0.1) is 6.61 Å². The van der Waals surface area contributed by atoms with E-state index in [0.29, 0.717) is 18.4 Å². The Morgan fingerprint density at radius 2 is 1.10 bits per heavy atom. The van der Waals surface area contributed by atoms with Gasteiger partial charge < -0.3 is 4.74 Å². The molecule has 0 atom stereocenters. The van der Waals surface area contributed by atoms with E-state index in [1.54, 1.807) is 0 Å². The van der Waals surface area contributed by atoms with Crippen molar-refractivity contribution in [1.82, 2.24) is 0 Å². The third-order valence-electron chi connectivity index (χ3n) is 5.75. The summed E-state index contributed by atoms with van der Waals surface area (Å²) in [6.07, 6.45) is 22.9. The van der Waals surface area contributed by atoms with Gasteiger partial charge in [0.15, 0.2) is 0 Å². The van der Waals surface area contributed by atoms with Crippen LogP contribution in [0, 0.1) is 11.3 Å². The van der Waals surface area contributed by atoms with E-state index >= 15 is 0 Å². The lowest BCUT2D eigenvalue weighted by molar-refractivity contribution is -0.143. The van der Waals surface area contributed by atoms with Crippen molar-refractivity contribution in [3.8, 4) is 0 Å². The van der Waals surface area contributed by atoms with Crippen LogP contribution in [0.4, 0.5) is 0 Å². The van der Waals surface area contributed by atoms with Crippen LogP contribution in [0.5, 0.6) is 0 Å². The zero-order valence-corrected chi connectivity index (χ0v) is 20.8. The fourth-order valence-corrected chi connectivity index (χ4v) is 3.78. The molecule has 0 heterocycles. The summed E-state index contributed by atoms with van der Waals surface area (Å²) >= 11 is 0. The molecule has 2 heteroatoms. The van der Waals surface area contributed by atoms with Crippen molar-refractivity contribution < 1.29 is 9.53 Å². The molecule has 0 aliphatic rings. The van der Waals surface area contributed by atoms with Crippen molar-refractivity contribution in [3.05, 3.63) is 0 Å². The van der Waals surface area contributed by atoms with Crippen molar-refractivity contribution in [1.29, 1.82) is 0 Å². The molecule has 2 nitrogen and oxygen atoms in total. The fraction of sp³-hybridized carbons (Fsp3) is 0.963. The highest BCUT2D eigenvalue weighted by Crippen LogP contribution is 2.22. The molecular weight excluding hydrogens is 356 g/mol. The number of hydrogen-bond donors (Lipinski definition) is 0. The van der Waals surface area contributed by atoms with Crippen LogP contribution in [-0.2, 0) is 9.53 Å². The van der Waals surface area contributed by atoms with E-state index in [2.05, 4.69) is 34.6 Å². The Balaban J connectivity index is 3.17. The van der Waals surface area contributed by atoms with E-state index in [0.717, 1.165) is 25.2 Å². The molecule has 0 fully saturated rings. The molecule has 0 rings (SSSR count). The van der Waals surface area contributed by atoms with Gasteiger partial charge in [-0.3, -0.25) is 4.79 Å². The molecule has 0 bridgehead atoms. The number of hydrogen-bond acceptors (Lipinski definition) is 2. The van der Waals surface area contributed by atoms with Crippen molar-refractivity contribution in [2.75, 3.05) is 6.61 Å². The first-order valence-electron chi connectivity index (χ1n) is 13.0. The van der Waals surface area contributed by atoms with Crippen LogP contribution in [0.15, 0.2) is 0 Å². The van der Waals surface area contributed by atoms with Gasteiger partial charge in [0.2, 0.25) is 0 Å². The summed E-state index contributed by atoms with van der Waals surface area (Å²) in [5.41, 5.74) is 0.372. The van der Waals surface area contributed by atoms with E-state index in [4.69, 9.17) is 4.74 Å². The van der Waals surface area contributed by atoms with E-state index in [1.807, 2.05) is 0 Å². The van der Waals surface area contributed by atoms with Crippen molar-refractivity contribution >= 4 is 5.97 Å². The first-order chi connectivity index (χ1) is 13.8. The van der Waals surface area contributed by atoms with Crippen LogP contribution < -0.4 is 0 Å². The molecule has 29 heavy (non-hydrogen) atoms. The monoisotopic (exact) mass is 410 g/mol. The molecule has 0 saturated heterocycles. The Morgan fingerprint density at radius 3 is 1.55 bits per heavy atom. The summed E-state index contributed by atoms with van der Waals surface area (Å²) in [5.74, 6) is 0.872. The summed E-state index contributed by atoms with van der Waals surface area (Å²) in [7, 11) is 0. The van der Waals surface area contributed by atoms with Gasteiger partial charge in [0.1, 0.15) is 0 Å². The number of carbonyl (C=O) groups is 1. The molecule has 174 valence electrons. The molecule has 0 aliphatic heterocycles. The Labute approximate surface area is 184 Å². The quantitative estimate of drug-likeness (QED) is 0.148. The number of unbranched alkanes of at least 4 members (excludes halogenated alkanes) is 13. The predicted octanol–water partition coefficient (Wildman–Crippen LogP) is 9.25. The fourth-order valence-electron chi connectivity index (χ4n) is 3.78. The predicted molar refractivity (Wildman–Crippen MR) is 128 cm³/mol. The largest absolute Gasteiger partial charge is 0.466 e. The summed E-state index contributed by atoms with van der Waals surface area (Å²) in [6.45, 7) is 12.0. The number of carbonyl (C=O) groups excluding carboxylic acids is 1. The highest BCUT2D eigenvalue weighted by Gasteiger charge is 2.10. The summed E-state index contributed by atoms with van der Waals surface area (Å²) in [4.78, 5) is 11.7. The highest BCUT2D eigenvalue weighted by molar-refractivity contribution is 5.69. The first-order valence-corrected chi connectivity index (χ1v) is 13.0. The third kappa shape index (κ3) is 25.4. The maximum absolute atomic E-state index is 11.7. The summed E-state index contributed by atoms with van der Waals surface area (Å²) in [5, 5.41) is 0. The zero-order chi connectivity index (χ0) is 21.8. The van der Waals surface area contributed by atoms with Gasteiger partial charge >= 0.3 is 5.97 Å². The van der Waals surface area contributed by atoms with Crippen molar-refractivity contribution in [3.63, 3.8) is 0 Å². The minimum absolute atomic E-state index is 0.00108. The molecule has 0 unspecified atom stereocenters. The van der Waals surface area contributed by atoms with E-state index in [9.17, 15) is 4.79 Å². The lowest BCUT2D eigenvalue weighted by atomic mass is 9.89. The molecular formula is C27H54O2. The molecule has 0 aliphatic carbocycles. The normalized spacial score (nSPS) is 11.9. The standard InChI is InChI=1S/C27H54O2/c1-25(2)21-17-15-13-11-9-7-6-8-10-12-14-16-20-24-29-26(28)22-18-19-23-27(3,4)5/h25H,6-24H2,1-5H3. The second kappa shape index (κ2) is 19.4. The zero-order valence-electron chi connectivity index (χ0n) is 20.8. The van der Waals surface area contributed by atoms with Crippen LogP contribution in [-0.4, -0.2) is 12.6 Å². The average molecular weight is 411 g/mol. The van der Waals surface area contributed by atoms with Gasteiger partial charge in [-0.2, -0.15) is 0 Å². The number of ether oxygens (including phenoxy) is 1. The minimum Gasteiger partial charge on any atom is -0.466 e. The summed E-state index contributed by atoms with van der Waals surface area (Å²) < 4.78 is 5.35. The Bertz CT molecular complexity index is 354. The van der Waals surface area contributed by atoms with Crippen LogP contribution >= 0.6 is 0 Å². The number of esters is 1. The van der Waals surface area contributed by atoms with Gasteiger partial charge in [-0.1, -0.05) is 125 Å². The maximum atomic E-state index is 11.7. The lowest BCUT2D eigenvalue weighted by Gasteiger charge is -2.17. The SMILES string of the molecule is CC(C)CCCCCCCCCCCCCCCOC(=O)CCCCC(C)(C)C. The van der Waals surface area contributed by atoms with Crippen LogP contribution in [0.25, 0.3) is 0 Å². The van der Waals surface area contributed by atoms with Gasteiger partial charge in [0.25, 0.3) is 0 Å². The second-order valence-electron chi connectivity index (χ2n) is 10.8. The van der Waals surface area contributed by atoms with Gasteiger partial charge in [-0.05, 0) is 30.6 Å². The smallest absolute Gasteiger partial charge is 0.305 e. The van der Waals surface area contributed by atoms with Crippen LogP contribution in [0.1, 0.15) is 150 Å². The van der Waals surface area contributed by atoms with Crippen LogP contribution in [0.3, 0.4) is 0 Å². The average Bonchev–Trinajstić information content (AvgIpc) is 2.64. The van der Waals surface area contributed by atoms with Crippen molar-refractivity contribution in [2.45, 2.75) is 150 Å². The maximum Gasteiger partial charge on any atom is 0.305 e. The molecule has 0 aromatic carbocycles. The van der Waals surface area contributed by atoms with Gasteiger partial charge in [0, 0.05) is 6.42 Å². The van der Waals surface area contributed by atoms with Gasteiger partial charge in [-0.15, -0.1) is 0 Å². The van der Waals surface area contributed by atoms with E-state index < -0.39 is 0 Å². The Kier molecular flexibility index (Phi) is 19.1. The van der Waals surface area contributed by atoms with E-state index in [1.165, 1.54) is 89.9 Å². The molecule has 0 radical (unpaired) electrons. The topological polar surface area (TPSA) is 26.3 Å². The van der Waals surface area contributed by atoms with Crippen molar-refractivity contribution in [2.24, 2.45) is 11.3 Å². The highest BCUT2D eigenvalue weighted by atomic mass is 16.5. The summed E-state index contributed by atoms with van der Waals surface area (Å²) in [6, 6.07) is 0. The van der Waals surface area contributed by atoms with Crippen LogP contribution in [0.2, 0.25) is 0 Å². The number of rotatable bonds is 20.